The lowest BCUT2D eigenvalue weighted by atomic mass is 10.1. The van der Waals surface area contributed by atoms with Crippen LogP contribution in [0.1, 0.15) is 28.9 Å². The molecule has 0 aliphatic rings. The summed E-state index contributed by atoms with van der Waals surface area (Å²) in [5, 5.41) is 0. The molecule has 0 heterocycles. The predicted molar refractivity (Wildman–Crippen MR) is 79.8 cm³/mol. The zero-order chi connectivity index (χ0) is 16.3. The van der Waals surface area contributed by atoms with E-state index >= 15 is 0 Å². The molecule has 0 saturated carbocycles. The van der Waals surface area contributed by atoms with Gasteiger partial charge in [-0.2, -0.15) is 0 Å². The van der Waals surface area contributed by atoms with Crippen LogP contribution in [-0.4, -0.2) is 20.6 Å². The topological polar surface area (TPSA) is 60.4 Å². The van der Waals surface area contributed by atoms with Gasteiger partial charge >= 0.3 is 5.97 Å². The second kappa shape index (κ2) is 6.27. The summed E-state index contributed by atoms with van der Waals surface area (Å²) in [6.45, 7) is 1.66. The van der Waals surface area contributed by atoms with E-state index in [9.17, 15) is 17.6 Å². The quantitative estimate of drug-likeness (QED) is 0.811. The van der Waals surface area contributed by atoms with Crippen LogP contribution in [0.4, 0.5) is 4.39 Å². The second-order valence-corrected chi connectivity index (χ2v) is 6.91. The number of carbonyl (C=O) groups excluding carboxylic acids is 1. The van der Waals surface area contributed by atoms with Crippen LogP contribution in [-0.2, 0) is 14.6 Å². The molecular formula is C16H15FO4S. The molecule has 2 aromatic rings. The minimum absolute atomic E-state index is 0.0522. The van der Waals surface area contributed by atoms with E-state index in [1.807, 2.05) is 0 Å². The average Bonchev–Trinajstić information content (AvgIpc) is 2.47. The van der Waals surface area contributed by atoms with Crippen LogP contribution >= 0.6 is 0 Å². The molecule has 0 aliphatic carbocycles. The van der Waals surface area contributed by atoms with E-state index in [2.05, 4.69) is 0 Å². The summed E-state index contributed by atoms with van der Waals surface area (Å²) >= 11 is 0. The average molecular weight is 322 g/mol. The molecular weight excluding hydrogens is 307 g/mol. The van der Waals surface area contributed by atoms with Crippen LogP contribution in [0.25, 0.3) is 0 Å². The number of halogens is 1. The van der Waals surface area contributed by atoms with E-state index in [4.69, 9.17) is 4.74 Å². The van der Waals surface area contributed by atoms with Crippen molar-refractivity contribution in [3.05, 3.63) is 65.5 Å². The Morgan fingerprint density at radius 1 is 1.14 bits per heavy atom. The summed E-state index contributed by atoms with van der Waals surface area (Å²) in [5.41, 5.74) is 0.797. The standard InChI is InChI=1S/C16H15FO4S/c1-11(12-6-8-14(17)9-7-12)21-16(18)13-4-3-5-15(10-13)22(2,19)20/h3-11H,1-2H3/t11-/m0/s1. The van der Waals surface area contributed by atoms with E-state index in [0.717, 1.165) is 6.26 Å². The predicted octanol–water partition coefficient (Wildman–Crippen LogP) is 3.15. The fraction of sp³-hybridized carbons (Fsp3) is 0.188. The summed E-state index contributed by atoms with van der Waals surface area (Å²) in [7, 11) is -3.39. The highest BCUT2D eigenvalue weighted by atomic mass is 32.2. The Hall–Kier alpha value is -2.21. The maximum atomic E-state index is 12.9. The summed E-state index contributed by atoms with van der Waals surface area (Å²) in [4.78, 5) is 12.1. The van der Waals surface area contributed by atoms with Gasteiger partial charge in [-0.05, 0) is 42.8 Å². The van der Waals surface area contributed by atoms with Crippen molar-refractivity contribution in [3.8, 4) is 0 Å². The van der Waals surface area contributed by atoms with Crippen molar-refractivity contribution in [1.29, 1.82) is 0 Å². The lowest BCUT2D eigenvalue weighted by Crippen LogP contribution is -2.10. The molecule has 2 rings (SSSR count). The normalized spacial score (nSPS) is 12.7. The van der Waals surface area contributed by atoms with Gasteiger partial charge in [0.2, 0.25) is 0 Å². The molecule has 1 atom stereocenters. The molecule has 0 bridgehead atoms. The number of benzene rings is 2. The van der Waals surface area contributed by atoms with Crippen molar-refractivity contribution in [3.63, 3.8) is 0 Å². The third-order valence-electron chi connectivity index (χ3n) is 3.12. The molecule has 6 heteroatoms. The van der Waals surface area contributed by atoms with Gasteiger partial charge in [0, 0.05) is 6.26 Å². The molecule has 0 saturated heterocycles. The van der Waals surface area contributed by atoms with Crippen LogP contribution < -0.4 is 0 Å². The molecule has 0 fully saturated rings. The summed E-state index contributed by atoms with van der Waals surface area (Å²) in [6, 6.07) is 11.3. The van der Waals surface area contributed by atoms with Crippen LogP contribution in [0.3, 0.4) is 0 Å². The van der Waals surface area contributed by atoms with Crippen molar-refractivity contribution in [1.82, 2.24) is 0 Å². The minimum Gasteiger partial charge on any atom is -0.454 e. The maximum Gasteiger partial charge on any atom is 0.338 e. The van der Waals surface area contributed by atoms with Crippen LogP contribution in [0, 0.1) is 5.82 Å². The monoisotopic (exact) mass is 322 g/mol. The molecule has 4 nitrogen and oxygen atoms in total. The minimum atomic E-state index is -3.39. The van der Waals surface area contributed by atoms with Crippen molar-refractivity contribution >= 4 is 15.8 Å². The number of hydrogen-bond donors (Lipinski definition) is 0. The van der Waals surface area contributed by atoms with Gasteiger partial charge in [0.1, 0.15) is 11.9 Å². The highest BCUT2D eigenvalue weighted by Crippen LogP contribution is 2.20. The van der Waals surface area contributed by atoms with E-state index in [-0.39, 0.29) is 16.3 Å². The molecule has 0 spiro atoms. The Morgan fingerprint density at radius 3 is 2.36 bits per heavy atom. The van der Waals surface area contributed by atoms with Crippen molar-refractivity contribution in [2.24, 2.45) is 0 Å². The van der Waals surface area contributed by atoms with Gasteiger partial charge in [-0.3, -0.25) is 0 Å². The first-order valence-corrected chi connectivity index (χ1v) is 8.43. The van der Waals surface area contributed by atoms with Crippen molar-refractivity contribution in [2.75, 3.05) is 6.26 Å². The Morgan fingerprint density at radius 2 is 1.77 bits per heavy atom. The van der Waals surface area contributed by atoms with Crippen molar-refractivity contribution < 1.29 is 22.3 Å². The SMILES string of the molecule is C[C@H](OC(=O)c1cccc(S(C)(=O)=O)c1)c1ccc(F)cc1. The molecule has 0 aromatic heterocycles. The van der Waals surface area contributed by atoms with Crippen LogP contribution in [0.5, 0.6) is 0 Å². The first-order valence-electron chi connectivity index (χ1n) is 6.54. The maximum absolute atomic E-state index is 12.9. The smallest absolute Gasteiger partial charge is 0.338 e. The Bertz CT molecular complexity index is 782. The van der Waals surface area contributed by atoms with Gasteiger partial charge in [-0.1, -0.05) is 18.2 Å². The molecule has 116 valence electrons. The highest BCUT2D eigenvalue weighted by molar-refractivity contribution is 7.90. The Balaban J connectivity index is 2.17. The lowest BCUT2D eigenvalue weighted by Gasteiger charge is -2.14. The van der Waals surface area contributed by atoms with Gasteiger partial charge in [-0.15, -0.1) is 0 Å². The first-order chi connectivity index (χ1) is 10.3. The molecule has 22 heavy (non-hydrogen) atoms. The molecule has 0 N–H and O–H groups in total. The lowest BCUT2D eigenvalue weighted by molar-refractivity contribution is 0.0337. The van der Waals surface area contributed by atoms with E-state index < -0.39 is 21.9 Å². The van der Waals surface area contributed by atoms with Crippen molar-refractivity contribution in [2.45, 2.75) is 17.9 Å². The van der Waals surface area contributed by atoms with Gasteiger partial charge in [0.05, 0.1) is 10.5 Å². The molecule has 2 aromatic carbocycles. The first kappa shape index (κ1) is 16.2. The van der Waals surface area contributed by atoms with E-state index in [1.54, 1.807) is 6.92 Å². The second-order valence-electron chi connectivity index (χ2n) is 4.90. The molecule has 0 radical (unpaired) electrons. The number of sulfone groups is 1. The van der Waals surface area contributed by atoms with Gasteiger partial charge in [0.25, 0.3) is 0 Å². The molecule has 0 unspecified atom stereocenters. The largest absolute Gasteiger partial charge is 0.454 e. The Labute approximate surface area is 128 Å². The third-order valence-corrected chi connectivity index (χ3v) is 4.23. The van der Waals surface area contributed by atoms with E-state index in [0.29, 0.717) is 5.56 Å². The molecule has 0 amide bonds. The molecule has 0 aliphatic heterocycles. The summed E-state index contributed by atoms with van der Waals surface area (Å²) in [6.07, 6.45) is 0.494. The zero-order valence-corrected chi connectivity index (χ0v) is 12.9. The van der Waals surface area contributed by atoms with Crippen LogP contribution in [0.2, 0.25) is 0 Å². The highest BCUT2D eigenvalue weighted by Gasteiger charge is 2.16. The van der Waals surface area contributed by atoms with Crippen LogP contribution in [0.15, 0.2) is 53.4 Å². The number of rotatable bonds is 4. The number of carbonyl (C=O) groups is 1. The zero-order valence-electron chi connectivity index (χ0n) is 12.1. The number of ether oxygens (including phenoxy) is 1. The number of esters is 1. The Kier molecular flexibility index (Phi) is 4.61. The van der Waals surface area contributed by atoms with Gasteiger partial charge < -0.3 is 4.74 Å². The van der Waals surface area contributed by atoms with Gasteiger partial charge in [0.15, 0.2) is 9.84 Å². The van der Waals surface area contributed by atoms with E-state index in [1.165, 1.54) is 48.5 Å². The summed E-state index contributed by atoms with van der Waals surface area (Å²) in [5.74, 6) is -1.01. The fourth-order valence-electron chi connectivity index (χ4n) is 1.88. The summed E-state index contributed by atoms with van der Waals surface area (Å²) < 4.78 is 41.1. The third kappa shape index (κ3) is 3.92. The number of hydrogen-bond acceptors (Lipinski definition) is 4. The fourth-order valence-corrected chi connectivity index (χ4v) is 2.55. The van der Waals surface area contributed by atoms with Gasteiger partial charge in [-0.25, -0.2) is 17.6 Å².